The molecule has 0 aliphatic heterocycles. The minimum atomic E-state index is -0.695. The summed E-state index contributed by atoms with van der Waals surface area (Å²) in [5.41, 5.74) is 1.17. The molecule has 4 heteroatoms. The molecule has 4 nitrogen and oxygen atoms in total. The highest BCUT2D eigenvalue weighted by atomic mass is 16.5. The van der Waals surface area contributed by atoms with E-state index >= 15 is 0 Å². The fourth-order valence-electron chi connectivity index (χ4n) is 1.28. The van der Waals surface area contributed by atoms with Gasteiger partial charge in [-0.2, -0.15) is 0 Å². The third-order valence-electron chi connectivity index (χ3n) is 2.13. The summed E-state index contributed by atoms with van der Waals surface area (Å²) in [6.07, 6.45) is -0.695. The van der Waals surface area contributed by atoms with E-state index in [0.717, 1.165) is 5.75 Å². The molecule has 90 valence electrons. The molecule has 1 atom stereocenters. The first-order valence-electron chi connectivity index (χ1n) is 5.41. The van der Waals surface area contributed by atoms with E-state index in [1.54, 1.807) is 0 Å². The largest absolute Gasteiger partial charge is 0.492 e. The van der Waals surface area contributed by atoms with Crippen LogP contribution in [-0.2, 0) is 0 Å². The van der Waals surface area contributed by atoms with Crippen LogP contribution in [0.4, 0.5) is 0 Å². The van der Waals surface area contributed by atoms with Crippen molar-refractivity contribution in [3.63, 3.8) is 0 Å². The number of rotatable bonds is 7. The molecule has 0 radical (unpaired) electrons. The van der Waals surface area contributed by atoms with Crippen LogP contribution in [-0.4, -0.2) is 42.6 Å². The van der Waals surface area contributed by atoms with Gasteiger partial charge in [0.25, 0.3) is 0 Å². The van der Waals surface area contributed by atoms with Gasteiger partial charge < -0.3 is 20.3 Å². The Kier molecular flexibility index (Phi) is 5.85. The van der Waals surface area contributed by atoms with Gasteiger partial charge in [0.05, 0.1) is 12.7 Å². The average molecular weight is 225 g/mol. The highest BCUT2D eigenvalue weighted by molar-refractivity contribution is 5.27. The monoisotopic (exact) mass is 225 g/mol. The van der Waals surface area contributed by atoms with Crippen molar-refractivity contribution in [2.45, 2.75) is 13.0 Å². The molecule has 0 aliphatic rings. The highest BCUT2D eigenvalue weighted by Gasteiger charge is 1.99. The molecule has 0 bridgehead atoms. The zero-order valence-electron chi connectivity index (χ0n) is 9.52. The molecule has 1 aromatic rings. The van der Waals surface area contributed by atoms with Crippen LogP contribution in [0.25, 0.3) is 0 Å². The van der Waals surface area contributed by atoms with Gasteiger partial charge in [0, 0.05) is 13.1 Å². The number of aliphatic hydroxyl groups excluding tert-OH is 2. The van der Waals surface area contributed by atoms with Crippen molar-refractivity contribution in [3.05, 3.63) is 29.8 Å². The normalized spacial score (nSPS) is 12.4. The van der Waals surface area contributed by atoms with E-state index in [9.17, 15) is 0 Å². The van der Waals surface area contributed by atoms with Crippen LogP contribution in [0.1, 0.15) is 5.56 Å². The molecule has 0 aliphatic carbocycles. The predicted molar refractivity (Wildman–Crippen MR) is 62.6 cm³/mol. The van der Waals surface area contributed by atoms with Crippen molar-refractivity contribution in [3.8, 4) is 5.75 Å². The van der Waals surface area contributed by atoms with Crippen molar-refractivity contribution >= 4 is 0 Å². The van der Waals surface area contributed by atoms with E-state index in [1.807, 2.05) is 31.2 Å². The van der Waals surface area contributed by atoms with Crippen LogP contribution in [0.2, 0.25) is 0 Å². The van der Waals surface area contributed by atoms with Crippen molar-refractivity contribution < 1.29 is 14.9 Å². The van der Waals surface area contributed by atoms with Crippen LogP contribution >= 0.6 is 0 Å². The summed E-state index contributed by atoms with van der Waals surface area (Å²) in [5.74, 6) is 0.851. The zero-order valence-corrected chi connectivity index (χ0v) is 9.52. The maximum Gasteiger partial charge on any atom is 0.119 e. The minimum Gasteiger partial charge on any atom is -0.492 e. The molecular weight excluding hydrogens is 206 g/mol. The summed E-state index contributed by atoms with van der Waals surface area (Å²) in [5, 5.41) is 20.6. The van der Waals surface area contributed by atoms with Crippen molar-refractivity contribution in [2.75, 3.05) is 26.3 Å². The van der Waals surface area contributed by atoms with Crippen molar-refractivity contribution in [1.82, 2.24) is 5.32 Å². The molecule has 16 heavy (non-hydrogen) atoms. The zero-order chi connectivity index (χ0) is 11.8. The molecule has 0 fully saturated rings. The highest BCUT2D eigenvalue weighted by Crippen LogP contribution is 2.11. The third-order valence-corrected chi connectivity index (χ3v) is 2.13. The summed E-state index contributed by atoms with van der Waals surface area (Å²) in [6.45, 7) is 3.37. The maximum atomic E-state index is 9.06. The smallest absolute Gasteiger partial charge is 0.119 e. The van der Waals surface area contributed by atoms with Gasteiger partial charge in [-0.05, 0) is 24.6 Å². The summed E-state index contributed by atoms with van der Waals surface area (Å²) in [7, 11) is 0. The predicted octanol–water partition coefficient (Wildman–Crippen LogP) is 0.317. The number of hydrogen-bond donors (Lipinski definition) is 3. The third kappa shape index (κ3) is 5.11. The van der Waals surface area contributed by atoms with Gasteiger partial charge in [-0.1, -0.05) is 12.1 Å². The van der Waals surface area contributed by atoms with Gasteiger partial charge in [0.15, 0.2) is 0 Å². The number of hydrogen-bond acceptors (Lipinski definition) is 4. The lowest BCUT2D eigenvalue weighted by Gasteiger charge is -2.10. The minimum absolute atomic E-state index is 0.217. The molecule has 1 rings (SSSR count). The maximum absolute atomic E-state index is 9.06. The Morgan fingerprint density at radius 1 is 1.44 bits per heavy atom. The van der Waals surface area contributed by atoms with E-state index in [4.69, 9.17) is 14.9 Å². The quantitative estimate of drug-likeness (QED) is 0.585. The SMILES string of the molecule is Cc1cccc(OCCNC[C@H](O)CO)c1. The Bertz CT molecular complexity index is 304. The van der Waals surface area contributed by atoms with Crippen molar-refractivity contribution in [2.24, 2.45) is 0 Å². The van der Waals surface area contributed by atoms with Gasteiger partial charge >= 0.3 is 0 Å². The van der Waals surface area contributed by atoms with E-state index in [1.165, 1.54) is 5.56 Å². The molecular formula is C12H19NO3. The molecule has 0 heterocycles. The van der Waals surface area contributed by atoms with Crippen LogP contribution in [0.3, 0.4) is 0 Å². The molecule has 1 aromatic carbocycles. The lowest BCUT2D eigenvalue weighted by Crippen LogP contribution is -2.32. The van der Waals surface area contributed by atoms with Gasteiger partial charge in [-0.15, -0.1) is 0 Å². The fourth-order valence-corrected chi connectivity index (χ4v) is 1.28. The van der Waals surface area contributed by atoms with Crippen molar-refractivity contribution in [1.29, 1.82) is 0 Å². The van der Waals surface area contributed by atoms with Crippen LogP contribution < -0.4 is 10.1 Å². The van der Waals surface area contributed by atoms with E-state index in [2.05, 4.69) is 5.32 Å². The van der Waals surface area contributed by atoms with E-state index in [0.29, 0.717) is 19.7 Å². The summed E-state index contributed by atoms with van der Waals surface area (Å²) in [6, 6.07) is 7.86. The van der Waals surface area contributed by atoms with E-state index in [-0.39, 0.29) is 6.61 Å². The van der Waals surface area contributed by atoms with Gasteiger partial charge in [-0.3, -0.25) is 0 Å². The average Bonchev–Trinajstić information content (AvgIpc) is 2.28. The molecule has 0 spiro atoms. The molecule has 0 amide bonds. The van der Waals surface area contributed by atoms with Gasteiger partial charge in [0.2, 0.25) is 0 Å². The second-order valence-electron chi connectivity index (χ2n) is 3.71. The second-order valence-corrected chi connectivity index (χ2v) is 3.71. The number of nitrogens with one attached hydrogen (secondary N) is 1. The number of aryl methyl sites for hydroxylation is 1. The van der Waals surface area contributed by atoms with Gasteiger partial charge in [0.1, 0.15) is 12.4 Å². The number of benzene rings is 1. The van der Waals surface area contributed by atoms with Crippen LogP contribution in [0.5, 0.6) is 5.75 Å². The molecule has 3 N–H and O–H groups in total. The second kappa shape index (κ2) is 7.22. The Hall–Kier alpha value is -1.10. The standard InChI is InChI=1S/C12H19NO3/c1-10-3-2-4-12(7-10)16-6-5-13-8-11(15)9-14/h2-4,7,11,13-15H,5-6,8-9H2,1H3/t11-/m0/s1. The Morgan fingerprint density at radius 2 is 2.25 bits per heavy atom. The van der Waals surface area contributed by atoms with Gasteiger partial charge in [-0.25, -0.2) is 0 Å². The Labute approximate surface area is 95.9 Å². The first kappa shape index (κ1) is 13.0. The Balaban J connectivity index is 2.12. The summed E-state index contributed by atoms with van der Waals surface area (Å²) in [4.78, 5) is 0. The van der Waals surface area contributed by atoms with E-state index < -0.39 is 6.10 Å². The lowest BCUT2D eigenvalue weighted by atomic mass is 10.2. The first-order valence-corrected chi connectivity index (χ1v) is 5.41. The van der Waals surface area contributed by atoms with Crippen LogP contribution in [0.15, 0.2) is 24.3 Å². The first-order chi connectivity index (χ1) is 7.72. The lowest BCUT2D eigenvalue weighted by molar-refractivity contribution is 0.0936. The number of ether oxygens (including phenoxy) is 1. The van der Waals surface area contributed by atoms with Crippen LogP contribution in [0, 0.1) is 6.92 Å². The molecule has 0 saturated heterocycles. The summed E-state index contributed by atoms with van der Waals surface area (Å²) < 4.78 is 5.50. The topological polar surface area (TPSA) is 61.7 Å². The molecule has 0 unspecified atom stereocenters. The molecule has 0 aromatic heterocycles. The fraction of sp³-hybridized carbons (Fsp3) is 0.500. The molecule has 0 saturated carbocycles. The number of aliphatic hydroxyl groups is 2. The summed E-state index contributed by atoms with van der Waals surface area (Å²) >= 11 is 0. The Morgan fingerprint density at radius 3 is 2.94 bits per heavy atom.